The minimum absolute atomic E-state index is 0.0140. The van der Waals surface area contributed by atoms with E-state index in [4.69, 9.17) is 5.11 Å². The van der Waals surface area contributed by atoms with Crippen molar-refractivity contribution in [2.24, 2.45) is 5.92 Å². The molecule has 0 bridgehead atoms. The Bertz CT molecular complexity index is 324. The fourth-order valence-electron chi connectivity index (χ4n) is 2.94. The van der Waals surface area contributed by atoms with Gasteiger partial charge in [0.05, 0.1) is 12.0 Å². The van der Waals surface area contributed by atoms with Crippen LogP contribution in [0.4, 0.5) is 0 Å². The van der Waals surface area contributed by atoms with Crippen molar-refractivity contribution in [2.75, 3.05) is 26.7 Å². The Kier molecular flexibility index (Phi) is 4.22. The van der Waals surface area contributed by atoms with Gasteiger partial charge in [0.25, 0.3) is 0 Å². The van der Waals surface area contributed by atoms with Gasteiger partial charge in [-0.2, -0.15) is 0 Å². The Morgan fingerprint density at radius 3 is 2.28 bits per heavy atom. The Morgan fingerprint density at radius 1 is 1.06 bits per heavy atom. The molecule has 0 aromatic rings. The number of likely N-dealkylation sites (tertiary alicyclic amines) is 2. The molecule has 2 fully saturated rings. The van der Waals surface area contributed by atoms with Crippen LogP contribution in [0, 0.1) is 5.92 Å². The van der Waals surface area contributed by atoms with Crippen molar-refractivity contribution in [3.05, 3.63) is 0 Å². The van der Waals surface area contributed by atoms with Crippen molar-refractivity contribution in [3.8, 4) is 0 Å². The number of likely N-dealkylation sites (N-methyl/N-ethyl adjacent to an activating group) is 1. The molecule has 2 aliphatic rings. The number of amides is 1. The van der Waals surface area contributed by atoms with E-state index in [9.17, 15) is 9.59 Å². The van der Waals surface area contributed by atoms with Crippen molar-refractivity contribution in [3.63, 3.8) is 0 Å². The number of hydrogen-bond donors (Lipinski definition) is 1. The van der Waals surface area contributed by atoms with Crippen molar-refractivity contribution in [1.82, 2.24) is 9.80 Å². The quantitative estimate of drug-likeness (QED) is 0.791. The SMILES string of the molecule is CN1CCCCC1C(=O)N1CCC(C(=O)O)CC1. The van der Waals surface area contributed by atoms with Gasteiger partial charge < -0.3 is 10.0 Å². The summed E-state index contributed by atoms with van der Waals surface area (Å²) in [6, 6.07) is 0.0140. The Hall–Kier alpha value is -1.10. The van der Waals surface area contributed by atoms with Gasteiger partial charge in [0.15, 0.2) is 0 Å². The van der Waals surface area contributed by atoms with E-state index < -0.39 is 5.97 Å². The molecule has 18 heavy (non-hydrogen) atoms. The van der Waals surface area contributed by atoms with Gasteiger partial charge in [-0.15, -0.1) is 0 Å². The number of piperidine rings is 2. The standard InChI is InChI=1S/C13H22N2O3/c1-14-7-3-2-4-11(14)12(16)15-8-5-10(6-9-15)13(17)18/h10-11H,2-9H2,1H3,(H,17,18). The maximum Gasteiger partial charge on any atom is 0.306 e. The molecule has 0 spiro atoms. The molecule has 2 aliphatic heterocycles. The van der Waals surface area contributed by atoms with E-state index >= 15 is 0 Å². The van der Waals surface area contributed by atoms with E-state index in [1.807, 2.05) is 11.9 Å². The lowest BCUT2D eigenvalue weighted by molar-refractivity contribution is -0.147. The Labute approximate surface area is 108 Å². The minimum atomic E-state index is -0.725. The number of carboxylic acids is 1. The number of carbonyl (C=O) groups is 2. The zero-order chi connectivity index (χ0) is 13.1. The molecule has 1 unspecified atom stereocenters. The third kappa shape index (κ3) is 2.83. The fourth-order valence-corrected chi connectivity index (χ4v) is 2.94. The van der Waals surface area contributed by atoms with Crippen LogP contribution < -0.4 is 0 Å². The molecule has 1 N–H and O–H groups in total. The first-order valence-electron chi connectivity index (χ1n) is 6.81. The van der Waals surface area contributed by atoms with Gasteiger partial charge in [-0.1, -0.05) is 6.42 Å². The highest BCUT2D eigenvalue weighted by Crippen LogP contribution is 2.22. The summed E-state index contributed by atoms with van der Waals surface area (Å²) in [7, 11) is 2.01. The summed E-state index contributed by atoms with van der Waals surface area (Å²) >= 11 is 0. The fraction of sp³-hybridized carbons (Fsp3) is 0.846. The second-order valence-electron chi connectivity index (χ2n) is 5.43. The van der Waals surface area contributed by atoms with E-state index in [2.05, 4.69) is 4.90 Å². The van der Waals surface area contributed by atoms with E-state index in [0.29, 0.717) is 25.9 Å². The first-order valence-corrected chi connectivity index (χ1v) is 6.81. The molecule has 2 rings (SSSR count). The monoisotopic (exact) mass is 254 g/mol. The number of carboxylic acid groups (broad SMARTS) is 1. The Balaban J connectivity index is 1.88. The Morgan fingerprint density at radius 2 is 1.72 bits per heavy atom. The van der Waals surface area contributed by atoms with Gasteiger partial charge in [-0.25, -0.2) is 0 Å². The molecular weight excluding hydrogens is 232 g/mol. The van der Waals surface area contributed by atoms with Crippen molar-refractivity contribution in [2.45, 2.75) is 38.1 Å². The molecule has 2 saturated heterocycles. The van der Waals surface area contributed by atoms with Gasteiger partial charge in [0.2, 0.25) is 5.91 Å². The maximum absolute atomic E-state index is 12.4. The largest absolute Gasteiger partial charge is 0.481 e. The molecule has 1 atom stereocenters. The molecule has 0 aliphatic carbocycles. The van der Waals surface area contributed by atoms with Crippen LogP contribution in [0.5, 0.6) is 0 Å². The van der Waals surface area contributed by atoms with Crippen LogP contribution in [0.25, 0.3) is 0 Å². The van der Waals surface area contributed by atoms with Gasteiger partial charge in [0.1, 0.15) is 0 Å². The summed E-state index contributed by atoms with van der Waals surface area (Å²) in [5, 5.41) is 8.94. The molecular formula is C13H22N2O3. The second kappa shape index (κ2) is 5.69. The molecule has 0 aromatic carbocycles. The summed E-state index contributed by atoms with van der Waals surface area (Å²) in [6.45, 7) is 2.18. The number of hydrogen-bond acceptors (Lipinski definition) is 3. The molecule has 2 heterocycles. The number of rotatable bonds is 2. The van der Waals surface area contributed by atoms with Crippen LogP contribution in [-0.2, 0) is 9.59 Å². The smallest absolute Gasteiger partial charge is 0.306 e. The first-order chi connectivity index (χ1) is 8.59. The first kappa shape index (κ1) is 13.3. The number of nitrogens with zero attached hydrogens (tertiary/aromatic N) is 2. The highest BCUT2D eigenvalue weighted by molar-refractivity contribution is 5.82. The third-order valence-corrected chi connectivity index (χ3v) is 4.21. The summed E-state index contributed by atoms with van der Waals surface area (Å²) < 4.78 is 0. The van der Waals surface area contributed by atoms with Gasteiger partial charge in [0, 0.05) is 13.1 Å². The van der Waals surface area contributed by atoms with Gasteiger partial charge >= 0.3 is 5.97 Å². The molecule has 0 radical (unpaired) electrons. The lowest BCUT2D eigenvalue weighted by Gasteiger charge is -2.37. The van der Waals surface area contributed by atoms with Crippen LogP contribution in [-0.4, -0.2) is 59.5 Å². The van der Waals surface area contributed by atoms with Crippen LogP contribution in [0.3, 0.4) is 0 Å². The number of aliphatic carboxylic acids is 1. The lowest BCUT2D eigenvalue weighted by Crippen LogP contribution is -2.51. The minimum Gasteiger partial charge on any atom is -0.481 e. The maximum atomic E-state index is 12.4. The molecule has 5 heteroatoms. The summed E-state index contributed by atoms with van der Waals surface area (Å²) in [5.74, 6) is -0.795. The predicted molar refractivity (Wildman–Crippen MR) is 67.2 cm³/mol. The highest BCUT2D eigenvalue weighted by Gasteiger charge is 2.33. The summed E-state index contributed by atoms with van der Waals surface area (Å²) in [5.41, 5.74) is 0. The van der Waals surface area contributed by atoms with Crippen LogP contribution >= 0.6 is 0 Å². The van der Waals surface area contributed by atoms with Crippen LogP contribution in [0.15, 0.2) is 0 Å². The normalized spacial score (nSPS) is 27.2. The van der Waals surface area contributed by atoms with E-state index in [1.54, 1.807) is 0 Å². The van der Waals surface area contributed by atoms with Gasteiger partial charge in [-0.05, 0) is 39.3 Å². The van der Waals surface area contributed by atoms with Crippen molar-refractivity contribution < 1.29 is 14.7 Å². The average Bonchev–Trinajstić information content (AvgIpc) is 2.38. The van der Waals surface area contributed by atoms with E-state index in [-0.39, 0.29) is 17.9 Å². The van der Waals surface area contributed by atoms with E-state index in [1.165, 1.54) is 6.42 Å². The number of carbonyl (C=O) groups excluding carboxylic acids is 1. The second-order valence-corrected chi connectivity index (χ2v) is 5.43. The molecule has 1 amide bonds. The van der Waals surface area contributed by atoms with Crippen LogP contribution in [0.1, 0.15) is 32.1 Å². The zero-order valence-electron chi connectivity index (χ0n) is 11.0. The van der Waals surface area contributed by atoms with E-state index in [0.717, 1.165) is 19.4 Å². The highest BCUT2D eigenvalue weighted by atomic mass is 16.4. The third-order valence-electron chi connectivity index (χ3n) is 4.21. The predicted octanol–water partition coefficient (Wildman–Crippen LogP) is 0.794. The molecule has 0 aromatic heterocycles. The van der Waals surface area contributed by atoms with Crippen LogP contribution in [0.2, 0.25) is 0 Å². The summed E-state index contributed by atoms with van der Waals surface area (Å²) in [6.07, 6.45) is 4.41. The molecule has 102 valence electrons. The zero-order valence-corrected chi connectivity index (χ0v) is 11.0. The topological polar surface area (TPSA) is 60.9 Å². The van der Waals surface area contributed by atoms with Crippen molar-refractivity contribution >= 4 is 11.9 Å². The lowest BCUT2D eigenvalue weighted by atomic mass is 9.95. The average molecular weight is 254 g/mol. The van der Waals surface area contributed by atoms with Gasteiger partial charge in [-0.3, -0.25) is 14.5 Å². The molecule has 5 nitrogen and oxygen atoms in total. The summed E-state index contributed by atoms with van der Waals surface area (Å²) in [4.78, 5) is 27.2. The van der Waals surface area contributed by atoms with Crippen molar-refractivity contribution in [1.29, 1.82) is 0 Å². The molecule has 0 saturated carbocycles.